The van der Waals surface area contributed by atoms with Gasteiger partial charge in [-0.25, -0.2) is 0 Å². The molecular weight excluding hydrogens is 380 g/mol. The Morgan fingerprint density at radius 3 is 2.43 bits per heavy atom. The van der Waals surface area contributed by atoms with Crippen LogP contribution in [0.2, 0.25) is 0 Å². The molecule has 5 heteroatoms. The van der Waals surface area contributed by atoms with Crippen molar-refractivity contribution in [3.05, 3.63) is 64.7 Å². The number of ether oxygens (including phenoxy) is 2. The van der Waals surface area contributed by atoms with Crippen LogP contribution in [-0.4, -0.2) is 29.9 Å². The fourth-order valence-corrected chi connectivity index (χ4v) is 5.06. The second-order valence-corrected chi connectivity index (χ2v) is 8.42. The van der Waals surface area contributed by atoms with Crippen LogP contribution in [0, 0.1) is 5.92 Å². The van der Waals surface area contributed by atoms with Crippen LogP contribution < -0.4 is 4.74 Å². The van der Waals surface area contributed by atoms with Gasteiger partial charge in [0.1, 0.15) is 17.0 Å². The van der Waals surface area contributed by atoms with E-state index in [1.165, 1.54) is 6.42 Å². The van der Waals surface area contributed by atoms with Gasteiger partial charge in [-0.2, -0.15) is 0 Å². The first-order chi connectivity index (χ1) is 14.5. The van der Waals surface area contributed by atoms with Crippen LogP contribution in [-0.2, 0) is 20.7 Å². The van der Waals surface area contributed by atoms with Gasteiger partial charge in [-0.05, 0) is 40.8 Å². The lowest BCUT2D eigenvalue weighted by Gasteiger charge is -2.53. The molecule has 5 nitrogen and oxygen atoms in total. The van der Waals surface area contributed by atoms with E-state index in [0.717, 1.165) is 25.7 Å². The second-order valence-electron chi connectivity index (χ2n) is 8.42. The van der Waals surface area contributed by atoms with Gasteiger partial charge in [0.05, 0.1) is 19.6 Å². The average Bonchev–Trinajstić information content (AvgIpc) is 2.77. The fourth-order valence-electron chi connectivity index (χ4n) is 5.06. The number of carbonyl (C=O) groups is 1. The van der Waals surface area contributed by atoms with Gasteiger partial charge in [-0.3, -0.25) is 4.79 Å². The molecule has 0 fully saturated rings. The Morgan fingerprint density at radius 1 is 1.00 bits per heavy atom. The monoisotopic (exact) mass is 410 g/mol. The normalized spacial score (nSPS) is 26.1. The highest BCUT2D eigenvalue weighted by Gasteiger charge is 2.62. The van der Waals surface area contributed by atoms with Crippen LogP contribution in [0.4, 0.5) is 0 Å². The van der Waals surface area contributed by atoms with Gasteiger partial charge in [0, 0.05) is 6.42 Å². The summed E-state index contributed by atoms with van der Waals surface area (Å²) < 4.78 is 10.9. The first-order valence-corrected chi connectivity index (χ1v) is 10.9. The summed E-state index contributed by atoms with van der Waals surface area (Å²) in [4.78, 5) is 13.0. The third kappa shape index (κ3) is 3.12. The summed E-state index contributed by atoms with van der Waals surface area (Å²) in [5.41, 5.74) is -0.580. The maximum atomic E-state index is 13.0. The van der Waals surface area contributed by atoms with Crippen molar-refractivity contribution >= 4 is 5.97 Å². The quantitative estimate of drug-likeness (QED) is 0.508. The van der Waals surface area contributed by atoms with Gasteiger partial charge in [0.25, 0.3) is 0 Å². The van der Waals surface area contributed by atoms with Crippen LogP contribution in [0.1, 0.15) is 67.7 Å². The van der Waals surface area contributed by atoms with Gasteiger partial charge in [0.2, 0.25) is 0 Å². The molecule has 5 rings (SSSR count). The second kappa shape index (κ2) is 8.05. The molecule has 0 saturated heterocycles. The number of hydrogen-bond donors (Lipinski definition) is 2. The van der Waals surface area contributed by atoms with Gasteiger partial charge in [0.15, 0.2) is 0 Å². The Labute approximate surface area is 177 Å². The first-order valence-electron chi connectivity index (χ1n) is 10.9. The molecule has 2 aromatic rings. The van der Waals surface area contributed by atoms with Crippen molar-refractivity contribution in [2.24, 2.45) is 5.92 Å². The van der Waals surface area contributed by atoms with E-state index in [1.54, 1.807) is 31.4 Å². The maximum Gasteiger partial charge on any atom is 0.312 e. The number of fused-ring (bicyclic) bond motifs is 1. The minimum atomic E-state index is -1.54. The van der Waals surface area contributed by atoms with E-state index in [9.17, 15) is 15.0 Å². The summed E-state index contributed by atoms with van der Waals surface area (Å²) in [6, 6.07) is 12.5. The zero-order valence-corrected chi connectivity index (χ0v) is 17.7. The first kappa shape index (κ1) is 20.9. The Kier molecular flexibility index (Phi) is 5.60. The van der Waals surface area contributed by atoms with Crippen LogP contribution >= 0.6 is 0 Å². The molecule has 3 aliphatic rings. The van der Waals surface area contributed by atoms with E-state index in [-0.39, 0.29) is 6.42 Å². The van der Waals surface area contributed by atoms with E-state index in [2.05, 4.69) is 6.92 Å². The molecule has 2 bridgehead atoms. The fraction of sp³-hybridized carbons (Fsp3) is 0.480. The Balaban J connectivity index is 1.66. The van der Waals surface area contributed by atoms with Crippen molar-refractivity contribution in [3.8, 4) is 5.75 Å². The Morgan fingerprint density at radius 2 is 1.70 bits per heavy atom. The van der Waals surface area contributed by atoms with Crippen LogP contribution in [0.3, 0.4) is 0 Å². The lowest BCUT2D eigenvalue weighted by Crippen LogP contribution is -2.57. The molecule has 0 spiro atoms. The lowest BCUT2D eigenvalue weighted by molar-refractivity contribution is -0.167. The minimum Gasteiger partial charge on any atom is -0.497 e. The predicted octanol–water partition coefficient (Wildman–Crippen LogP) is 4.01. The molecule has 160 valence electrons. The summed E-state index contributed by atoms with van der Waals surface area (Å²) in [5, 5.41) is 23.7. The third-order valence-electron chi connectivity index (χ3n) is 6.65. The average molecular weight is 411 g/mol. The smallest absolute Gasteiger partial charge is 0.312 e. The van der Waals surface area contributed by atoms with Gasteiger partial charge in [-0.15, -0.1) is 0 Å². The van der Waals surface area contributed by atoms with Gasteiger partial charge in [-0.1, -0.05) is 62.9 Å². The molecule has 3 aliphatic carbocycles. The number of aliphatic hydroxyl groups is 2. The summed E-state index contributed by atoms with van der Waals surface area (Å²) in [6.07, 6.45) is 5.38. The molecule has 2 aromatic carbocycles. The number of benzene rings is 2. The van der Waals surface area contributed by atoms with Crippen molar-refractivity contribution in [1.82, 2.24) is 0 Å². The molecule has 0 aromatic heterocycles. The molecule has 0 amide bonds. The standard InChI is InChI=1S/C25H30O5/c1-3-4-5-6-9-14-30-23(26)22-16-24(27)18-10-7-8-11-19(18)25(22,28)20-13-12-17(29-2)15-21(20)24/h7-8,10-13,15,22,27-28H,3-6,9,14,16H2,1-2H3. The molecule has 0 aliphatic heterocycles. The van der Waals surface area contributed by atoms with Crippen molar-refractivity contribution in [2.75, 3.05) is 13.7 Å². The number of carbonyl (C=O) groups excluding carboxylic acids is 1. The SMILES string of the molecule is CCCCCCCOC(=O)C1CC2(O)c3ccccc3C1(O)c1ccc(OC)cc12. The number of unbranched alkanes of at least 4 members (excludes halogenated alkanes) is 4. The van der Waals surface area contributed by atoms with Crippen molar-refractivity contribution in [2.45, 2.75) is 56.7 Å². The molecule has 0 saturated carbocycles. The zero-order chi connectivity index (χ0) is 21.4. The number of hydrogen-bond acceptors (Lipinski definition) is 5. The van der Waals surface area contributed by atoms with E-state index in [0.29, 0.717) is 34.6 Å². The van der Waals surface area contributed by atoms with Crippen molar-refractivity contribution < 1.29 is 24.5 Å². The minimum absolute atomic E-state index is 0.0787. The number of rotatable bonds is 8. The molecule has 0 radical (unpaired) electrons. The third-order valence-corrected chi connectivity index (χ3v) is 6.65. The lowest BCUT2D eigenvalue weighted by atomic mass is 9.54. The Bertz CT molecular complexity index is 939. The van der Waals surface area contributed by atoms with Gasteiger partial charge < -0.3 is 19.7 Å². The maximum absolute atomic E-state index is 13.0. The number of methoxy groups -OCH3 is 1. The van der Waals surface area contributed by atoms with Crippen molar-refractivity contribution in [1.29, 1.82) is 0 Å². The largest absolute Gasteiger partial charge is 0.497 e. The highest BCUT2D eigenvalue weighted by molar-refractivity contribution is 5.79. The molecule has 30 heavy (non-hydrogen) atoms. The van der Waals surface area contributed by atoms with E-state index < -0.39 is 23.1 Å². The molecule has 3 unspecified atom stereocenters. The van der Waals surface area contributed by atoms with E-state index >= 15 is 0 Å². The summed E-state index contributed by atoms with van der Waals surface area (Å²) in [5.74, 6) is -0.724. The molecule has 3 atom stereocenters. The topological polar surface area (TPSA) is 76.0 Å². The van der Waals surface area contributed by atoms with Crippen molar-refractivity contribution in [3.63, 3.8) is 0 Å². The highest BCUT2D eigenvalue weighted by Crippen LogP contribution is 2.60. The molecular formula is C25H30O5. The zero-order valence-electron chi connectivity index (χ0n) is 17.7. The number of esters is 1. The predicted molar refractivity (Wildman–Crippen MR) is 113 cm³/mol. The van der Waals surface area contributed by atoms with E-state index in [1.807, 2.05) is 18.2 Å². The summed E-state index contributed by atoms with van der Waals surface area (Å²) in [7, 11) is 1.57. The van der Waals surface area contributed by atoms with Gasteiger partial charge >= 0.3 is 5.97 Å². The molecule has 0 heterocycles. The van der Waals surface area contributed by atoms with Crippen LogP contribution in [0.25, 0.3) is 0 Å². The summed E-state index contributed by atoms with van der Waals surface area (Å²) in [6.45, 7) is 2.50. The van der Waals surface area contributed by atoms with Crippen LogP contribution in [0.15, 0.2) is 42.5 Å². The summed E-state index contributed by atoms with van der Waals surface area (Å²) >= 11 is 0. The molecule has 2 N–H and O–H groups in total. The Hall–Kier alpha value is -2.37. The van der Waals surface area contributed by atoms with E-state index in [4.69, 9.17) is 9.47 Å². The van der Waals surface area contributed by atoms with Crippen LogP contribution in [0.5, 0.6) is 5.75 Å². The highest BCUT2D eigenvalue weighted by atomic mass is 16.5.